The van der Waals surface area contributed by atoms with Crippen LogP contribution in [0.15, 0.2) is 115 Å². The Bertz CT molecular complexity index is 2370. The Morgan fingerprint density at radius 1 is 0.451 bits per heavy atom. The number of fused-ring (bicyclic) bond motifs is 4. The van der Waals surface area contributed by atoms with E-state index >= 15 is 0 Å². The maximum atomic E-state index is 5.07. The van der Waals surface area contributed by atoms with Gasteiger partial charge in [-0.05, 0) is 68.5 Å². The Morgan fingerprint density at radius 2 is 0.961 bits per heavy atom. The summed E-state index contributed by atoms with van der Waals surface area (Å²) in [4.78, 5) is 25.0. The third-order valence-corrected chi connectivity index (χ3v) is 10.3. The van der Waals surface area contributed by atoms with E-state index in [0.717, 1.165) is 39.0 Å². The van der Waals surface area contributed by atoms with E-state index in [1.54, 1.807) is 0 Å². The Morgan fingerprint density at radius 3 is 1.55 bits per heavy atom. The predicted octanol–water partition coefficient (Wildman–Crippen LogP) is 11.4. The van der Waals surface area contributed by atoms with Gasteiger partial charge in [0, 0.05) is 27.7 Å². The van der Waals surface area contributed by atoms with Crippen molar-refractivity contribution in [2.45, 2.75) is 71.6 Å². The quantitative estimate of drug-likeness (QED) is 0.187. The highest BCUT2D eigenvalue weighted by molar-refractivity contribution is 5.85. The van der Waals surface area contributed by atoms with Crippen LogP contribution in [0.2, 0.25) is 0 Å². The fraction of sp³-hybridized carbons (Fsp3) is 0.239. The fourth-order valence-electron chi connectivity index (χ4n) is 7.15. The summed E-state index contributed by atoms with van der Waals surface area (Å²) in [6.45, 7) is 17.9. The van der Waals surface area contributed by atoms with E-state index in [-0.39, 0.29) is 16.2 Å². The topological polar surface area (TPSA) is 64.5 Å². The Hall–Kier alpha value is -5.55. The fourth-order valence-corrected chi connectivity index (χ4v) is 7.15. The first-order chi connectivity index (χ1) is 24.3. The van der Waals surface area contributed by atoms with Crippen molar-refractivity contribution in [3.8, 4) is 56.5 Å². The van der Waals surface area contributed by atoms with Crippen molar-refractivity contribution in [1.29, 1.82) is 0 Å². The van der Waals surface area contributed by atoms with E-state index in [9.17, 15) is 0 Å². The Balaban J connectivity index is 1.18. The van der Waals surface area contributed by atoms with Gasteiger partial charge in [0.15, 0.2) is 17.5 Å². The third-order valence-electron chi connectivity index (χ3n) is 10.3. The second-order valence-corrected chi connectivity index (χ2v) is 16.4. The standard InChI is InChI=1S/C46H43N5/c1-44(2,3)32-19-13-28(14-20-32)41-49-42(29-15-21-33(22-16-29)45(4,5)6)51-43(50-41)31-18-24-38-39(26-31)47-27-40(48-38)30-17-23-35-34-11-9-10-12-36(34)46(7,8)37(35)25-30/h9-27H,1-8H3. The highest BCUT2D eigenvalue weighted by atomic mass is 15.0. The van der Waals surface area contributed by atoms with Crippen LogP contribution in [0.5, 0.6) is 0 Å². The lowest BCUT2D eigenvalue weighted by Crippen LogP contribution is -2.14. The van der Waals surface area contributed by atoms with E-state index in [1.807, 2.05) is 24.4 Å². The first-order valence-corrected chi connectivity index (χ1v) is 17.8. The molecule has 0 fully saturated rings. The molecule has 0 spiro atoms. The molecule has 5 nitrogen and oxygen atoms in total. The average molecular weight is 666 g/mol. The maximum Gasteiger partial charge on any atom is 0.164 e. The van der Waals surface area contributed by atoms with Gasteiger partial charge in [0.05, 0.1) is 22.9 Å². The van der Waals surface area contributed by atoms with Crippen LogP contribution in [-0.2, 0) is 16.2 Å². The molecule has 1 aliphatic rings. The van der Waals surface area contributed by atoms with E-state index in [1.165, 1.54) is 33.4 Å². The third kappa shape index (κ3) is 5.91. The molecule has 0 aliphatic heterocycles. The van der Waals surface area contributed by atoms with Crippen molar-refractivity contribution >= 4 is 11.0 Å². The summed E-state index contributed by atoms with van der Waals surface area (Å²) in [7, 11) is 0. The van der Waals surface area contributed by atoms with Crippen LogP contribution < -0.4 is 0 Å². The van der Waals surface area contributed by atoms with E-state index < -0.39 is 0 Å². The van der Waals surface area contributed by atoms with Crippen LogP contribution in [0, 0.1) is 0 Å². The first kappa shape index (κ1) is 32.6. The molecule has 51 heavy (non-hydrogen) atoms. The summed E-state index contributed by atoms with van der Waals surface area (Å²) < 4.78 is 0. The van der Waals surface area contributed by atoms with Crippen LogP contribution in [0.25, 0.3) is 67.6 Å². The number of rotatable bonds is 4. The number of hydrogen-bond donors (Lipinski definition) is 0. The van der Waals surface area contributed by atoms with Gasteiger partial charge < -0.3 is 0 Å². The van der Waals surface area contributed by atoms with Gasteiger partial charge in [-0.2, -0.15) is 0 Å². The van der Waals surface area contributed by atoms with Gasteiger partial charge in [-0.25, -0.2) is 19.9 Å². The largest absolute Gasteiger partial charge is 0.252 e. The normalized spacial score (nSPS) is 13.6. The average Bonchev–Trinajstić information content (AvgIpc) is 3.36. The molecule has 7 aromatic rings. The van der Waals surface area contributed by atoms with Crippen molar-refractivity contribution in [2.75, 3.05) is 0 Å². The molecule has 0 N–H and O–H groups in total. The number of nitrogens with zero attached hydrogens (tertiary/aromatic N) is 5. The lowest BCUT2D eigenvalue weighted by Gasteiger charge is -2.21. The molecule has 252 valence electrons. The molecule has 1 aliphatic carbocycles. The summed E-state index contributed by atoms with van der Waals surface area (Å²) in [6.07, 6.45) is 1.88. The second-order valence-electron chi connectivity index (χ2n) is 16.4. The van der Waals surface area contributed by atoms with Crippen LogP contribution in [0.1, 0.15) is 77.6 Å². The van der Waals surface area contributed by atoms with Gasteiger partial charge in [0.2, 0.25) is 0 Å². The zero-order valence-electron chi connectivity index (χ0n) is 30.7. The molecule has 5 aromatic carbocycles. The molecular weight excluding hydrogens is 623 g/mol. The van der Waals surface area contributed by atoms with Gasteiger partial charge in [-0.1, -0.05) is 140 Å². The first-order valence-electron chi connectivity index (χ1n) is 17.8. The van der Waals surface area contributed by atoms with Crippen molar-refractivity contribution < 1.29 is 0 Å². The van der Waals surface area contributed by atoms with Gasteiger partial charge >= 0.3 is 0 Å². The molecular formula is C46H43N5. The number of aromatic nitrogens is 5. The van der Waals surface area contributed by atoms with Crippen molar-refractivity contribution in [1.82, 2.24) is 24.9 Å². The predicted molar refractivity (Wildman–Crippen MR) is 210 cm³/mol. The van der Waals surface area contributed by atoms with E-state index in [0.29, 0.717) is 17.5 Å². The molecule has 0 bridgehead atoms. The molecule has 0 radical (unpaired) electrons. The van der Waals surface area contributed by atoms with E-state index in [2.05, 4.69) is 146 Å². The Kier molecular flexibility index (Phi) is 7.53. The van der Waals surface area contributed by atoms with Gasteiger partial charge in [-0.15, -0.1) is 0 Å². The number of benzene rings is 5. The van der Waals surface area contributed by atoms with Crippen molar-refractivity contribution in [3.63, 3.8) is 0 Å². The van der Waals surface area contributed by atoms with Crippen LogP contribution >= 0.6 is 0 Å². The minimum atomic E-state index is -0.0768. The molecule has 0 atom stereocenters. The zero-order valence-corrected chi connectivity index (χ0v) is 30.7. The molecule has 0 amide bonds. The summed E-state index contributed by atoms with van der Waals surface area (Å²) in [5, 5.41) is 0. The highest BCUT2D eigenvalue weighted by Gasteiger charge is 2.35. The number of hydrogen-bond acceptors (Lipinski definition) is 5. The van der Waals surface area contributed by atoms with Gasteiger partial charge in [-0.3, -0.25) is 4.98 Å². The highest BCUT2D eigenvalue weighted by Crippen LogP contribution is 2.49. The molecule has 2 heterocycles. The zero-order chi connectivity index (χ0) is 35.7. The molecule has 8 rings (SSSR count). The molecule has 5 heteroatoms. The minimum absolute atomic E-state index is 0.0533. The monoisotopic (exact) mass is 665 g/mol. The molecule has 0 saturated heterocycles. The van der Waals surface area contributed by atoms with Crippen LogP contribution in [-0.4, -0.2) is 24.9 Å². The van der Waals surface area contributed by atoms with Crippen molar-refractivity contribution in [3.05, 3.63) is 138 Å². The lowest BCUT2D eigenvalue weighted by atomic mass is 9.82. The molecule has 0 unspecified atom stereocenters. The summed E-state index contributed by atoms with van der Waals surface area (Å²) in [6, 6.07) is 38.6. The van der Waals surface area contributed by atoms with E-state index in [4.69, 9.17) is 24.9 Å². The van der Waals surface area contributed by atoms with Crippen molar-refractivity contribution in [2.24, 2.45) is 0 Å². The SMILES string of the molecule is CC(C)(C)c1ccc(-c2nc(-c3ccc(C(C)(C)C)cc3)nc(-c3ccc4nc(-c5ccc6c(c5)C(C)(C)c5ccccc5-6)cnc4c3)n2)cc1. The second kappa shape index (κ2) is 11.8. The summed E-state index contributed by atoms with van der Waals surface area (Å²) in [5.74, 6) is 1.88. The minimum Gasteiger partial charge on any atom is -0.252 e. The lowest BCUT2D eigenvalue weighted by molar-refractivity contribution is 0.590. The van der Waals surface area contributed by atoms with Crippen LogP contribution in [0.4, 0.5) is 0 Å². The Labute approximate surface area is 301 Å². The summed E-state index contributed by atoms with van der Waals surface area (Å²) in [5.41, 5.74) is 14.1. The molecule has 2 aromatic heterocycles. The van der Waals surface area contributed by atoms with Crippen LogP contribution in [0.3, 0.4) is 0 Å². The van der Waals surface area contributed by atoms with Gasteiger partial charge in [0.1, 0.15) is 0 Å². The van der Waals surface area contributed by atoms with Gasteiger partial charge in [0.25, 0.3) is 0 Å². The summed E-state index contributed by atoms with van der Waals surface area (Å²) >= 11 is 0. The molecule has 0 saturated carbocycles. The smallest absolute Gasteiger partial charge is 0.164 e. The maximum absolute atomic E-state index is 5.07.